The number of hydrogen-bond donors (Lipinski definition) is 1. The SMILES string of the molecule is Cc1cc(CN(C)C2CCCNC2)ccc1Br. The number of likely N-dealkylation sites (N-methyl/N-ethyl adjacent to an activating group) is 1. The number of piperidine rings is 1. The molecule has 3 heteroatoms. The molecule has 0 spiro atoms. The first-order chi connectivity index (χ1) is 8.16. The molecule has 1 aliphatic rings. The van der Waals surface area contributed by atoms with E-state index < -0.39 is 0 Å². The Labute approximate surface area is 113 Å². The first-order valence-corrected chi connectivity index (χ1v) is 7.12. The zero-order valence-corrected chi connectivity index (χ0v) is 12.3. The van der Waals surface area contributed by atoms with Crippen molar-refractivity contribution in [2.45, 2.75) is 32.4 Å². The Hall–Kier alpha value is -0.380. The fraction of sp³-hybridized carbons (Fsp3) is 0.571. The molecule has 2 rings (SSSR count). The van der Waals surface area contributed by atoms with E-state index in [2.05, 4.69) is 58.3 Å². The summed E-state index contributed by atoms with van der Waals surface area (Å²) < 4.78 is 1.20. The number of aryl methyl sites for hydroxylation is 1. The van der Waals surface area contributed by atoms with Crippen LogP contribution in [0.4, 0.5) is 0 Å². The fourth-order valence-electron chi connectivity index (χ4n) is 2.43. The maximum atomic E-state index is 3.55. The van der Waals surface area contributed by atoms with Crippen molar-refractivity contribution in [2.24, 2.45) is 0 Å². The van der Waals surface area contributed by atoms with Crippen molar-refractivity contribution in [3.63, 3.8) is 0 Å². The van der Waals surface area contributed by atoms with Crippen LogP contribution in [0.25, 0.3) is 0 Å². The lowest BCUT2D eigenvalue weighted by Gasteiger charge is -2.31. The number of benzene rings is 1. The van der Waals surface area contributed by atoms with Crippen LogP contribution < -0.4 is 5.32 Å². The van der Waals surface area contributed by atoms with Gasteiger partial charge >= 0.3 is 0 Å². The summed E-state index contributed by atoms with van der Waals surface area (Å²) in [6, 6.07) is 7.32. The molecule has 1 unspecified atom stereocenters. The van der Waals surface area contributed by atoms with Gasteiger partial charge in [0.15, 0.2) is 0 Å². The van der Waals surface area contributed by atoms with E-state index in [0.29, 0.717) is 6.04 Å². The molecule has 1 aliphatic heterocycles. The predicted octanol–water partition coefficient (Wildman–Crippen LogP) is 2.94. The van der Waals surface area contributed by atoms with Crippen molar-refractivity contribution < 1.29 is 0 Å². The van der Waals surface area contributed by atoms with Crippen LogP contribution in [0.2, 0.25) is 0 Å². The minimum Gasteiger partial charge on any atom is -0.315 e. The van der Waals surface area contributed by atoms with Gasteiger partial charge in [0.2, 0.25) is 0 Å². The average Bonchev–Trinajstić information content (AvgIpc) is 2.35. The maximum absolute atomic E-state index is 3.55. The molecule has 1 heterocycles. The van der Waals surface area contributed by atoms with E-state index in [-0.39, 0.29) is 0 Å². The molecule has 94 valence electrons. The molecule has 1 aromatic carbocycles. The smallest absolute Gasteiger partial charge is 0.0234 e. The second-order valence-electron chi connectivity index (χ2n) is 5.00. The monoisotopic (exact) mass is 296 g/mol. The molecule has 1 aromatic rings. The molecule has 0 bridgehead atoms. The summed E-state index contributed by atoms with van der Waals surface area (Å²) in [6.45, 7) is 5.50. The van der Waals surface area contributed by atoms with Gasteiger partial charge in [0, 0.05) is 23.6 Å². The molecule has 1 fully saturated rings. The van der Waals surface area contributed by atoms with Crippen LogP contribution in [0.3, 0.4) is 0 Å². The average molecular weight is 297 g/mol. The van der Waals surface area contributed by atoms with Gasteiger partial charge in [0.25, 0.3) is 0 Å². The Morgan fingerprint density at radius 1 is 1.47 bits per heavy atom. The van der Waals surface area contributed by atoms with Gasteiger partial charge in [-0.05, 0) is 50.6 Å². The molecule has 0 aromatic heterocycles. The quantitative estimate of drug-likeness (QED) is 0.923. The van der Waals surface area contributed by atoms with Crippen molar-refractivity contribution in [1.29, 1.82) is 0 Å². The van der Waals surface area contributed by atoms with Crippen LogP contribution in [0.15, 0.2) is 22.7 Å². The van der Waals surface area contributed by atoms with Gasteiger partial charge in [-0.1, -0.05) is 28.1 Å². The van der Waals surface area contributed by atoms with Crippen LogP contribution in [0.1, 0.15) is 24.0 Å². The van der Waals surface area contributed by atoms with Gasteiger partial charge in [-0.15, -0.1) is 0 Å². The van der Waals surface area contributed by atoms with E-state index >= 15 is 0 Å². The minimum absolute atomic E-state index is 0.688. The van der Waals surface area contributed by atoms with Gasteiger partial charge in [-0.2, -0.15) is 0 Å². The number of halogens is 1. The van der Waals surface area contributed by atoms with Gasteiger partial charge in [0.05, 0.1) is 0 Å². The lowest BCUT2D eigenvalue weighted by atomic mass is 10.1. The first kappa shape index (κ1) is 13.1. The van der Waals surface area contributed by atoms with Crippen LogP contribution >= 0.6 is 15.9 Å². The molecule has 17 heavy (non-hydrogen) atoms. The highest BCUT2D eigenvalue weighted by molar-refractivity contribution is 9.10. The van der Waals surface area contributed by atoms with Crippen molar-refractivity contribution in [3.05, 3.63) is 33.8 Å². The van der Waals surface area contributed by atoms with E-state index in [4.69, 9.17) is 0 Å². The van der Waals surface area contributed by atoms with Crippen LogP contribution in [0, 0.1) is 6.92 Å². The lowest BCUT2D eigenvalue weighted by molar-refractivity contribution is 0.196. The zero-order chi connectivity index (χ0) is 12.3. The molecule has 1 N–H and O–H groups in total. The normalized spacial score (nSPS) is 20.8. The van der Waals surface area contributed by atoms with E-state index in [1.807, 2.05) is 0 Å². The standard InChI is InChI=1S/C14H21BrN2/c1-11-8-12(5-6-14(11)15)10-17(2)13-4-3-7-16-9-13/h5-6,8,13,16H,3-4,7,9-10H2,1-2H3. The summed E-state index contributed by atoms with van der Waals surface area (Å²) in [4.78, 5) is 2.47. The molecular formula is C14H21BrN2. The Balaban J connectivity index is 1.96. The van der Waals surface area contributed by atoms with Crippen molar-refractivity contribution in [1.82, 2.24) is 10.2 Å². The molecule has 0 amide bonds. The highest BCUT2D eigenvalue weighted by Gasteiger charge is 2.17. The molecule has 1 saturated heterocycles. The summed E-state index contributed by atoms with van der Waals surface area (Å²) in [5.74, 6) is 0. The summed E-state index contributed by atoms with van der Waals surface area (Å²) in [6.07, 6.45) is 2.62. The second kappa shape index (κ2) is 5.98. The molecule has 2 nitrogen and oxygen atoms in total. The Bertz CT molecular complexity index is 372. The van der Waals surface area contributed by atoms with Crippen molar-refractivity contribution in [2.75, 3.05) is 20.1 Å². The molecule has 0 aliphatic carbocycles. The molecule has 0 radical (unpaired) electrons. The molecular weight excluding hydrogens is 276 g/mol. The van der Waals surface area contributed by atoms with E-state index in [1.54, 1.807) is 0 Å². The largest absolute Gasteiger partial charge is 0.315 e. The molecule has 0 saturated carbocycles. The third-order valence-electron chi connectivity index (χ3n) is 3.55. The van der Waals surface area contributed by atoms with Crippen LogP contribution in [-0.4, -0.2) is 31.1 Å². The lowest BCUT2D eigenvalue weighted by Crippen LogP contribution is -2.43. The fourth-order valence-corrected chi connectivity index (χ4v) is 2.68. The summed E-state index contributed by atoms with van der Waals surface area (Å²) in [5, 5.41) is 3.47. The topological polar surface area (TPSA) is 15.3 Å². The highest BCUT2D eigenvalue weighted by Crippen LogP contribution is 2.19. The van der Waals surface area contributed by atoms with E-state index in [9.17, 15) is 0 Å². The number of nitrogens with zero attached hydrogens (tertiary/aromatic N) is 1. The first-order valence-electron chi connectivity index (χ1n) is 6.33. The zero-order valence-electron chi connectivity index (χ0n) is 10.7. The predicted molar refractivity (Wildman–Crippen MR) is 76.2 cm³/mol. The van der Waals surface area contributed by atoms with Crippen LogP contribution in [0.5, 0.6) is 0 Å². The van der Waals surface area contributed by atoms with E-state index in [1.165, 1.54) is 35.0 Å². The van der Waals surface area contributed by atoms with Crippen molar-refractivity contribution in [3.8, 4) is 0 Å². The summed E-state index contributed by atoms with van der Waals surface area (Å²) >= 11 is 3.55. The van der Waals surface area contributed by atoms with Crippen molar-refractivity contribution >= 4 is 15.9 Å². The third kappa shape index (κ3) is 3.54. The van der Waals surface area contributed by atoms with Gasteiger partial charge in [-0.25, -0.2) is 0 Å². The Kier molecular flexibility index (Phi) is 4.60. The van der Waals surface area contributed by atoms with Gasteiger partial charge in [-0.3, -0.25) is 4.90 Å². The van der Waals surface area contributed by atoms with E-state index in [0.717, 1.165) is 13.1 Å². The number of rotatable bonds is 3. The summed E-state index contributed by atoms with van der Waals surface area (Å²) in [5.41, 5.74) is 2.72. The molecule has 1 atom stereocenters. The highest BCUT2D eigenvalue weighted by atomic mass is 79.9. The second-order valence-corrected chi connectivity index (χ2v) is 5.85. The Morgan fingerprint density at radius 3 is 2.94 bits per heavy atom. The maximum Gasteiger partial charge on any atom is 0.0234 e. The number of nitrogens with one attached hydrogen (secondary N) is 1. The van der Waals surface area contributed by atoms with Gasteiger partial charge < -0.3 is 5.32 Å². The van der Waals surface area contributed by atoms with Gasteiger partial charge in [0.1, 0.15) is 0 Å². The minimum atomic E-state index is 0.688. The third-order valence-corrected chi connectivity index (χ3v) is 4.44. The number of hydrogen-bond acceptors (Lipinski definition) is 2. The Morgan fingerprint density at radius 2 is 2.29 bits per heavy atom. The van der Waals surface area contributed by atoms with Crippen LogP contribution in [-0.2, 0) is 6.54 Å². The summed E-state index contributed by atoms with van der Waals surface area (Å²) in [7, 11) is 2.23.